The van der Waals surface area contributed by atoms with Crippen molar-refractivity contribution in [1.82, 2.24) is 5.32 Å². The number of rotatable bonds is 6. The molecule has 5 heteroatoms. The average Bonchev–Trinajstić information content (AvgIpc) is 3.08. The van der Waals surface area contributed by atoms with Crippen LogP contribution in [-0.2, 0) is 9.53 Å². The van der Waals surface area contributed by atoms with Gasteiger partial charge in [0.2, 0.25) is 0 Å². The lowest BCUT2D eigenvalue weighted by Crippen LogP contribution is -2.26. The van der Waals surface area contributed by atoms with Gasteiger partial charge in [-0.3, -0.25) is 10.1 Å². The molecular formula is C15H19NO3S. The Labute approximate surface area is 122 Å². The van der Waals surface area contributed by atoms with Gasteiger partial charge in [-0.05, 0) is 37.4 Å². The molecule has 2 heterocycles. The predicted molar refractivity (Wildman–Crippen MR) is 78.7 cm³/mol. The Morgan fingerprint density at radius 3 is 2.80 bits per heavy atom. The molecule has 108 valence electrons. The molecule has 1 N–H and O–H groups in total. The summed E-state index contributed by atoms with van der Waals surface area (Å²) >= 11 is 1.62. The zero-order valence-corrected chi connectivity index (χ0v) is 12.7. The van der Waals surface area contributed by atoms with Crippen LogP contribution < -0.4 is 5.32 Å². The molecule has 0 saturated carbocycles. The minimum Gasteiger partial charge on any atom is -0.469 e. The van der Waals surface area contributed by atoms with E-state index in [2.05, 4.69) is 5.32 Å². The molecule has 0 aliphatic rings. The highest BCUT2D eigenvalue weighted by atomic mass is 32.1. The molecule has 0 spiro atoms. The van der Waals surface area contributed by atoms with E-state index in [1.807, 2.05) is 43.5 Å². The van der Waals surface area contributed by atoms with Crippen molar-refractivity contribution >= 4 is 17.3 Å². The van der Waals surface area contributed by atoms with Gasteiger partial charge in [-0.15, -0.1) is 11.3 Å². The number of hydrogen-bond acceptors (Lipinski definition) is 5. The molecule has 0 fully saturated rings. The maximum atomic E-state index is 11.6. The fourth-order valence-electron chi connectivity index (χ4n) is 2.05. The number of hydrogen-bond donors (Lipinski definition) is 1. The van der Waals surface area contributed by atoms with E-state index in [1.165, 1.54) is 7.11 Å². The van der Waals surface area contributed by atoms with E-state index in [0.717, 1.165) is 16.4 Å². The molecule has 20 heavy (non-hydrogen) atoms. The van der Waals surface area contributed by atoms with Crippen molar-refractivity contribution in [3.05, 3.63) is 46.0 Å². The van der Waals surface area contributed by atoms with E-state index in [4.69, 9.17) is 9.15 Å². The third kappa shape index (κ3) is 3.71. The zero-order valence-electron chi connectivity index (χ0n) is 11.9. The van der Waals surface area contributed by atoms with Crippen molar-refractivity contribution in [3.8, 4) is 0 Å². The van der Waals surface area contributed by atoms with E-state index in [-0.39, 0.29) is 18.1 Å². The monoisotopic (exact) mass is 293 g/mol. The summed E-state index contributed by atoms with van der Waals surface area (Å²) in [6, 6.07) is 7.85. The second-order valence-corrected chi connectivity index (χ2v) is 5.66. The van der Waals surface area contributed by atoms with Crippen LogP contribution in [-0.4, -0.2) is 13.1 Å². The van der Waals surface area contributed by atoms with Gasteiger partial charge in [0.05, 0.1) is 25.6 Å². The summed E-state index contributed by atoms with van der Waals surface area (Å²) in [4.78, 5) is 12.7. The first-order valence-corrected chi connectivity index (χ1v) is 7.40. The van der Waals surface area contributed by atoms with Crippen LogP contribution in [0.15, 0.2) is 34.1 Å². The summed E-state index contributed by atoms with van der Waals surface area (Å²) in [6.07, 6.45) is 0.307. The molecule has 0 aromatic carbocycles. The summed E-state index contributed by atoms with van der Waals surface area (Å²) < 4.78 is 10.4. The van der Waals surface area contributed by atoms with Crippen molar-refractivity contribution < 1.29 is 13.9 Å². The maximum Gasteiger partial charge on any atom is 0.307 e. The molecular weight excluding hydrogens is 274 g/mol. The van der Waals surface area contributed by atoms with Gasteiger partial charge in [-0.2, -0.15) is 0 Å². The Balaban J connectivity index is 2.09. The Morgan fingerprint density at radius 2 is 2.25 bits per heavy atom. The number of furan rings is 1. The molecule has 0 aliphatic heterocycles. The fraction of sp³-hybridized carbons (Fsp3) is 0.400. The summed E-state index contributed by atoms with van der Waals surface area (Å²) in [7, 11) is 1.41. The van der Waals surface area contributed by atoms with Crippen molar-refractivity contribution in [1.29, 1.82) is 0 Å². The van der Waals surface area contributed by atoms with Gasteiger partial charge >= 0.3 is 5.97 Å². The lowest BCUT2D eigenvalue weighted by Gasteiger charge is -2.20. The number of carbonyl (C=O) groups excluding carboxylic acids is 1. The summed E-state index contributed by atoms with van der Waals surface area (Å²) in [5, 5.41) is 5.43. The van der Waals surface area contributed by atoms with Crippen molar-refractivity contribution in [2.45, 2.75) is 32.4 Å². The SMILES string of the molecule is COC(=O)CC(NC(C)c1ccc(C)o1)c1cccs1. The molecule has 0 radical (unpaired) electrons. The Morgan fingerprint density at radius 1 is 1.45 bits per heavy atom. The topological polar surface area (TPSA) is 51.5 Å². The molecule has 2 unspecified atom stereocenters. The van der Waals surface area contributed by atoms with E-state index in [1.54, 1.807) is 11.3 Å². The summed E-state index contributed by atoms with van der Waals surface area (Å²) in [6.45, 7) is 3.94. The van der Waals surface area contributed by atoms with Crippen LogP contribution in [0, 0.1) is 6.92 Å². The molecule has 0 amide bonds. The summed E-state index contributed by atoms with van der Waals surface area (Å²) in [5.74, 6) is 1.53. The molecule has 2 aromatic rings. The van der Waals surface area contributed by atoms with Crippen LogP contribution in [0.1, 0.15) is 41.8 Å². The third-order valence-electron chi connectivity index (χ3n) is 3.12. The number of methoxy groups -OCH3 is 1. The first-order chi connectivity index (χ1) is 9.60. The number of esters is 1. The predicted octanol–water partition coefficient (Wildman–Crippen LogP) is 3.60. The van der Waals surface area contributed by atoms with E-state index < -0.39 is 0 Å². The minimum atomic E-state index is -0.223. The minimum absolute atomic E-state index is 0.0282. The third-order valence-corrected chi connectivity index (χ3v) is 4.11. The van der Waals surface area contributed by atoms with Gasteiger partial charge in [0.15, 0.2) is 0 Å². The molecule has 0 saturated heterocycles. The lowest BCUT2D eigenvalue weighted by atomic mass is 10.1. The van der Waals surface area contributed by atoms with E-state index in [9.17, 15) is 4.79 Å². The first kappa shape index (κ1) is 14.8. The lowest BCUT2D eigenvalue weighted by molar-refractivity contribution is -0.141. The highest BCUT2D eigenvalue weighted by Crippen LogP contribution is 2.26. The molecule has 0 bridgehead atoms. The van der Waals surface area contributed by atoms with Crippen LogP contribution in [0.4, 0.5) is 0 Å². The second-order valence-electron chi connectivity index (χ2n) is 4.69. The number of thiophene rings is 1. The fourth-order valence-corrected chi connectivity index (χ4v) is 2.84. The quantitative estimate of drug-likeness (QED) is 0.827. The molecule has 0 aliphatic carbocycles. The Kier molecular flexibility index (Phi) is 4.98. The number of ether oxygens (including phenoxy) is 1. The van der Waals surface area contributed by atoms with Crippen LogP contribution in [0.25, 0.3) is 0 Å². The van der Waals surface area contributed by atoms with Crippen molar-refractivity contribution in [3.63, 3.8) is 0 Å². The molecule has 2 atom stereocenters. The zero-order chi connectivity index (χ0) is 14.5. The average molecular weight is 293 g/mol. The first-order valence-electron chi connectivity index (χ1n) is 6.52. The number of carbonyl (C=O) groups is 1. The van der Waals surface area contributed by atoms with Gasteiger partial charge in [0.25, 0.3) is 0 Å². The van der Waals surface area contributed by atoms with E-state index >= 15 is 0 Å². The second kappa shape index (κ2) is 6.72. The van der Waals surface area contributed by atoms with Gasteiger partial charge in [-0.25, -0.2) is 0 Å². The van der Waals surface area contributed by atoms with Gasteiger partial charge < -0.3 is 9.15 Å². The standard InChI is InChI=1S/C15H19NO3S/c1-10-6-7-13(19-10)11(2)16-12(9-15(17)18-3)14-5-4-8-20-14/h4-8,11-12,16H,9H2,1-3H3. The van der Waals surface area contributed by atoms with Gasteiger partial charge in [0, 0.05) is 4.88 Å². The van der Waals surface area contributed by atoms with Crippen LogP contribution in [0.5, 0.6) is 0 Å². The summed E-state index contributed by atoms with van der Waals surface area (Å²) in [5.41, 5.74) is 0. The largest absolute Gasteiger partial charge is 0.469 e. The molecule has 4 nitrogen and oxygen atoms in total. The van der Waals surface area contributed by atoms with Gasteiger partial charge in [-0.1, -0.05) is 6.07 Å². The number of aryl methyl sites for hydroxylation is 1. The van der Waals surface area contributed by atoms with Crippen LogP contribution in [0.2, 0.25) is 0 Å². The Hall–Kier alpha value is -1.59. The molecule has 2 rings (SSSR count). The van der Waals surface area contributed by atoms with Gasteiger partial charge in [0.1, 0.15) is 11.5 Å². The van der Waals surface area contributed by atoms with Crippen LogP contribution in [0.3, 0.4) is 0 Å². The van der Waals surface area contributed by atoms with Crippen molar-refractivity contribution in [2.24, 2.45) is 0 Å². The Bertz CT molecular complexity index is 547. The highest BCUT2D eigenvalue weighted by molar-refractivity contribution is 7.10. The highest BCUT2D eigenvalue weighted by Gasteiger charge is 2.21. The number of nitrogens with one attached hydrogen (secondary N) is 1. The van der Waals surface area contributed by atoms with E-state index in [0.29, 0.717) is 6.42 Å². The van der Waals surface area contributed by atoms with Crippen molar-refractivity contribution in [2.75, 3.05) is 7.11 Å². The normalized spacial score (nSPS) is 13.9. The van der Waals surface area contributed by atoms with Crippen LogP contribution >= 0.6 is 11.3 Å². The smallest absolute Gasteiger partial charge is 0.307 e. The maximum absolute atomic E-state index is 11.6. The molecule has 2 aromatic heterocycles.